The van der Waals surface area contributed by atoms with Crippen molar-refractivity contribution in [2.45, 2.75) is 25.0 Å². The first-order chi connectivity index (χ1) is 17.1. The van der Waals surface area contributed by atoms with E-state index >= 15 is 0 Å². The van der Waals surface area contributed by atoms with E-state index in [9.17, 15) is 9.50 Å². The number of H-pyrrole nitrogens is 1. The zero-order valence-electron chi connectivity index (χ0n) is 20.1. The first-order valence-electron chi connectivity index (χ1n) is 11.9. The molecule has 0 saturated heterocycles. The Morgan fingerprint density at radius 3 is 2.80 bits per heavy atom. The van der Waals surface area contributed by atoms with Crippen LogP contribution >= 0.6 is 0 Å². The van der Waals surface area contributed by atoms with Gasteiger partial charge in [0, 0.05) is 61.0 Å². The molecule has 1 aliphatic rings. The number of halogens is 1. The molecule has 2 aromatic heterocycles. The smallest absolute Gasteiger partial charge is 0.123 e. The molecule has 2 unspecified atom stereocenters. The fourth-order valence-electron chi connectivity index (χ4n) is 5.34. The number of nitrogens with zero attached hydrogens (tertiary/aromatic N) is 3. The largest absolute Gasteiger partial charge is 0.497 e. The van der Waals surface area contributed by atoms with Crippen molar-refractivity contribution >= 4 is 10.9 Å². The molecule has 0 spiro atoms. The van der Waals surface area contributed by atoms with Crippen molar-refractivity contribution in [3.8, 4) is 5.75 Å². The summed E-state index contributed by atoms with van der Waals surface area (Å²) < 4.78 is 19.4. The molecule has 0 saturated carbocycles. The Labute approximate surface area is 205 Å². The van der Waals surface area contributed by atoms with Gasteiger partial charge in [0.05, 0.1) is 25.5 Å². The molecular formula is C28H31FN4O2. The Hall–Kier alpha value is -3.26. The summed E-state index contributed by atoms with van der Waals surface area (Å²) in [6, 6.07) is 18.6. The number of nitrogens with one attached hydrogen (secondary N) is 1. The van der Waals surface area contributed by atoms with Crippen molar-refractivity contribution in [2.24, 2.45) is 0 Å². The fourth-order valence-corrected chi connectivity index (χ4v) is 5.34. The average Bonchev–Trinajstić information content (AvgIpc) is 3.23. The van der Waals surface area contributed by atoms with Gasteiger partial charge in [0.25, 0.3) is 0 Å². The van der Waals surface area contributed by atoms with Gasteiger partial charge in [-0.1, -0.05) is 18.2 Å². The van der Waals surface area contributed by atoms with Crippen LogP contribution in [0.2, 0.25) is 0 Å². The molecule has 2 N–H and O–H groups in total. The molecule has 0 amide bonds. The summed E-state index contributed by atoms with van der Waals surface area (Å²) in [5.41, 5.74) is 5.18. The molecule has 4 aromatic rings. The lowest BCUT2D eigenvalue weighted by Crippen LogP contribution is -2.42. The topological polar surface area (TPSA) is 64.6 Å². The van der Waals surface area contributed by atoms with E-state index in [1.807, 2.05) is 42.6 Å². The molecule has 0 aliphatic carbocycles. The van der Waals surface area contributed by atoms with Crippen molar-refractivity contribution in [3.63, 3.8) is 0 Å². The predicted molar refractivity (Wildman–Crippen MR) is 135 cm³/mol. The number of aromatic nitrogens is 2. The Kier molecular flexibility index (Phi) is 6.81. The minimum Gasteiger partial charge on any atom is -0.497 e. The van der Waals surface area contributed by atoms with Crippen molar-refractivity contribution in [1.29, 1.82) is 0 Å². The zero-order chi connectivity index (χ0) is 24.4. The Bertz CT molecular complexity index is 1290. The quantitative estimate of drug-likeness (QED) is 0.394. The van der Waals surface area contributed by atoms with E-state index in [0.29, 0.717) is 6.54 Å². The molecule has 7 heteroatoms. The van der Waals surface area contributed by atoms with Gasteiger partial charge in [0.1, 0.15) is 11.6 Å². The number of aromatic amines is 1. The van der Waals surface area contributed by atoms with Crippen LogP contribution in [0.3, 0.4) is 0 Å². The third kappa shape index (κ3) is 4.93. The van der Waals surface area contributed by atoms with Gasteiger partial charge in [-0.25, -0.2) is 4.39 Å². The molecule has 2 atom stereocenters. The molecule has 35 heavy (non-hydrogen) atoms. The van der Waals surface area contributed by atoms with Crippen LogP contribution < -0.4 is 4.74 Å². The number of methoxy groups -OCH3 is 1. The van der Waals surface area contributed by atoms with Crippen LogP contribution in [-0.4, -0.2) is 58.7 Å². The van der Waals surface area contributed by atoms with Crippen LogP contribution in [0.15, 0.2) is 66.9 Å². The second-order valence-electron chi connectivity index (χ2n) is 9.34. The molecule has 182 valence electrons. The lowest BCUT2D eigenvalue weighted by molar-refractivity contribution is 0.0887. The molecule has 3 heterocycles. The lowest BCUT2D eigenvalue weighted by atomic mass is 9.87. The van der Waals surface area contributed by atoms with E-state index in [4.69, 9.17) is 4.74 Å². The summed E-state index contributed by atoms with van der Waals surface area (Å²) >= 11 is 0. The number of likely N-dealkylation sites (N-methyl/N-ethyl adjacent to an activating group) is 1. The lowest BCUT2D eigenvalue weighted by Gasteiger charge is -2.40. The van der Waals surface area contributed by atoms with Gasteiger partial charge in [-0.3, -0.25) is 14.8 Å². The second-order valence-corrected chi connectivity index (χ2v) is 9.34. The minimum absolute atomic E-state index is 0.0250. The highest BCUT2D eigenvalue weighted by Crippen LogP contribution is 2.42. The Balaban J connectivity index is 1.51. The van der Waals surface area contributed by atoms with Crippen LogP contribution in [0.25, 0.3) is 10.9 Å². The Morgan fingerprint density at radius 2 is 2.06 bits per heavy atom. The standard InChI is InChI=1S/C28H31FN4O2/c1-32(17-22-8-3-4-11-30-22)15-20-16-33(14-19-6-5-7-21(29)12-19)26(18-34)28-27(20)24-10-9-23(35-2)13-25(24)31-28/h3-13,20,26,31,34H,14-18H2,1-2H3. The maximum Gasteiger partial charge on any atom is 0.123 e. The summed E-state index contributed by atoms with van der Waals surface area (Å²) in [6.45, 7) is 2.85. The Morgan fingerprint density at radius 1 is 1.17 bits per heavy atom. The highest BCUT2D eigenvalue weighted by molar-refractivity contribution is 5.87. The highest BCUT2D eigenvalue weighted by Gasteiger charge is 2.36. The van der Waals surface area contributed by atoms with Crippen LogP contribution in [0.1, 0.15) is 34.5 Å². The summed E-state index contributed by atoms with van der Waals surface area (Å²) in [6.07, 6.45) is 1.82. The SMILES string of the molecule is COc1ccc2c3c([nH]c2c1)C(CO)N(Cc1cccc(F)c1)CC3CN(C)Cc1ccccn1. The van der Waals surface area contributed by atoms with Gasteiger partial charge >= 0.3 is 0 Å². The molecular weight excluding hydrogens is 443 g/mol. The van der Waals surface area contributed by atoms with Crippen LogP contribution in [0, 0.1) is 5.82 Å². The van der Waals surface area contributed by atoms with Crippen molar-refractivity contribution in [1.82, 2.24) is 19.8 Å². The van der Waals surface area contributed by atoms with E-state index in [2.05, 4.69) is 32.9 Å². The molecule has 6 nitrogen and oxygen atoms in total. The predicted octanol–water partition coefficient (Wildman–Crippen LogP) is 4.48. The molecule has 0 fully saturated rings. The number of rotatable bonds is 8. The summed E-state index contributed by atoms with van der Waals surface area (Å²) in [5, 5.41) is 11.6. The second kappa shape index (κ2) is 10.2. The van der Waals surface area contributed by atoms with E-state index in [0.717, 1.165) is 53.2 Å². The average molecular weight is 475 g/mol. The highest BCUT2D eigenvalue weighted by atomic mass is 19.1. The number of aliphatic hydroxyl groups is 1. The van der Waals surface area contributed by atoms with E-state index in [-0.39, 0.29) is 24.4 Å². The third-order valence-corrected chi connectivity index (χ3v) is 6.85. The number of hydrogen-bond acceptors (Lipinski definition) is 5. The monoisotopic (exact) mass is 474 g/mol. The van der Waals surface area contributed by atoms with Crippen LogP contribution in [-0.2, 0) is 13.1 Å². The number of hydrogen-bond donors (Lipinski definition) is 2. The van der Waals surface area contributed by atoms with Gasteiger partial charge in [0.2, 0.25) is 0 Å². The van der Waals surface area contributed by atoms with Crippen LogP contribution in [0.5, 0.6) is 5.75 Å². The third-order valence-electron chi connectivity index (χ3n) is 6.85. The zero-order valence-corrected chi connectivity index (χ0v) is 20.1. The summed E-state index contributed by atoms with van der Waals surface area (Å²) in [5.74, 6) is 0.736. The first kappa shape index (κ1) is 23.5. The number of ether oxygens (including phenoxy) is 1. The van der Waals surface area contributed by atoms with Gasteiger partial charge in [0.15, 0.2) is 0 Å². The summed E-state index contributed by atoms with van der Waals surface area (Å²) in [4.78, 5) is 12.6. The minimum atomic E-state index is -0.245. The number of pyridine rings is 1. The number of aliphatic hydroxyl groups excluding tert-OH is 1. The summed E-state index contributed by atoms with van der Waals surface area (Å²) in [7, 11) is 3.78. The van der Waals surface area contributed by atoms with Gasteiger partial charge in [-0.2, -0.15) is 0 Å². The molecule has 1 aliphatic heterocycles. The maximum atomic E-state index is 13.9. The van der Waals surface area contributed by atoms with Crippen molar-refractivity contribution in [3.05, 3.63) is 95.2 Å². The fraction of sp³-hybridized carbons (Fsp3) is 0.321. The normalized spacial score (nSPS) is 18.2. The van der Waals surface area contributed by atoms with Gasteiger partial charge in [-0.05, 0) is 54.6 Å². The van der Waals surface area contributed by atoms with E-state index < -0.39 is 0 Å². The van der Waals surface area contributed by atoms with Gasteiger partial charge in [-0.15, -0.1) is 0 Å². The van der Waals surface area contributed by atoms with E-state index in [1.165, 1.54) is 11.6 Å². The molecule has 0 bridgehead atoms. The van der Waals surface area contributed by atoms with Crippen molar-refractivity contribution in [2.75, 3.05) is 33.9 Å². The number of benzene rings is 2. The van der Waals surface area contributed by atoms with E-state index in [1.54, 1.807) is 19.2 Å². The molecule has 2 aromatic carbocycles. The van der Waals surface area contributed by atoms with Crippen LogP contribution in [0.4, 0.5) is 4.39 Å². The first-order valence-corrected chi connectivity index (χ1v) is 11.9. The maximum absolute atomic E-state index is 13.9. The van der Waals surface area contributed by atoms with Crippen molar-refractivity contribution < 1.29 is 14.2 Å². The molecule has 0 radical (unpaired) electrons. The van der Waals surface area contributed by atoms with Gasteiger partial charge < -0.3 is 14.8 Å². The number of fused-ring (bicyclic) bond motifs is 3. The molecule has 5 rings (SSSR count).